The van der Waals surface area contributed by atoms with Crippen LogP contribution < -0.4 is 11.1 Å². The maximum Gasteiger partial charge on any atom is 0.416 e. The van der Waals surface area contributed by atoms with Crippen LogP contribution in [0.15, 0.2) is 78.1 Å². The van der Waals surface area contributed by atoms with E-state index in [2.05, 4.69) is 10.3 Å². The lowest BCUT2D eigenvalue weighted by Gasteiger charge is -2.08. The monoisotopic (exact) mass is 404 g/mol. The first-order chi connectivity index (χ1) is 13.7. The zero-order valence-corrected chi connectivity index (χ0v) is 14.9. The van der Waals surface area contributed by atoms with Gasteiger partial charge in [-0.25, -0.2) is 9.38 Å². The number of ketones is 1. The molecule has 2 aromatic carbocycles. The molecule has 0 aliphatic heterocycles. The summed E-state index contributed by atoms with van der Waals surface area (Å²) in [5.74, 6) is -1.32. The first-order valence-corrected chi connectivity index (χ1v) is 8.17. The van der Waals surface area contributed by atoms with Gasteiger partial charge in [-0.05, 0) is 48.7 Å². The molecule has 0 radical (unpaired) electrons. The van der Waals surface area contributed by atoms with Gasteiger partial charge < -0.3 is 11.1 Å². The number of alkyl halides is 3. The molecule has 9 heteroatoms. The number of rotatable bonds is 7. The number of halogens is 4. The van der Waals surface area contributed by atoms with E-state index >= 15 is 0 Å². The zero-order chi connectivity index (χ0) is 21.4. The molecule has 0 saturated heterocycles. The predicted molar refractivity (Wildman–Crippen MR) is 104 cm³/mol. The van der Waals surface area contributed by atoms with E-state index in [4.69, 9.17) is 11.1 Å². The van der Waals surface area contributed by atoms with Crippen LogP contribution in [-0.2, 0) is 11.0 Å². The lowest BCUT2D eigenvalue weighted by Crippen LogP contribution is -2.20. The van der Waals surface area contributed by atoms with Gasteiger partial charge >= 0.3 is 6.18 Å². The SMILES string of the molecule is N=C(C(=O)/C=C\Nc1cccc(C(F)(F)F)c1)C(C=CN)=Nc1cccc(F)c1. The van der Waals surface area contributed by atoms with Gasteiger partial charge in [-0.2, -0.15) is 13.2 Å². The highest BCUT2D eigenvalue weighted by atomic mass is 19.4. The van der Waals surface area contributed by atoms with Crippen LogP contribution in [0.3, 0.4) is 0 Å². The minimum Gasteiger partial charge on any atom is -0.405 e. The van der Waals surface area contributed by atoms with Crippen molar-refractivity contribution in [2.75, 3.05) is 5.32 Å². The van der Waals surface area contributed by atoms with Gasteiger partial charge in [0.15, 0.2) is 0 Å². The lowest BCUT2D eigenvalue weighted by molar-refractivity contribution is -0.137. The number of benzene rings is 2. The van der Waals surface area contributed by atoms with E-state index < -0.39 is 29.1 Å². The third kappa shape index (κ3) is 6.42. The average molecular weight is 404 g/mol. The number of hydrogen-bond acceptors (Lipinski definition) is 5. The minimum atomic E-state index is -4.49. The van der Waals surface area contributed by atoms with Crippen molar-refractivity contribution in [3.8, 4) is 0 Å². The van der Waals surface area contributed by atoms with Gasteiger partial charge in [-0.15, -0.1) is 0 Å². The third-order valence-electron chi connectivity index (χ3n) is 3.49. The number of nitrogens with one attached hydrogen (secondary N) is 2. The standard InChI is InChI=1S/C20H16F4N4O/c21-14-4-2-6-16(12-14)28-17(7-9-25)19(26)18(29)8-10-27-15-5-1-3-13(11-15)20(22,23)24/h1-12,26-27H,25H2/b9-7?,10-8-,26-19?,28-17?. The van der Waals surface area contributed by atoms with Crippen LogP contribution in [0.4, 0.5) is 28.9 Å². The van der Waals surface area contributed by atoms with E-state index in [0.29, 0.717) is 0 Å². The van der Waals surface area contributed by atoms with E-state index in [0.717, 1.165) is 36.7 Å². The fraction of sp³-hybridized carbons (Fsp3) is 0.0500. The lowest BCUT2D eigenvalue weighted by atomic mass is 10.1. The molecule has 2 rings (SSSR count). The average Bonchev–Trinajstić information content (AvgIpc) is 2.66. The second-order valence-electron chi connectivity index (χ2n) is 5.63. The summed E-state index contributed by atoms with van der Waals surface area (Å²) >= 11 is 0. The van der Waals surface area contributed by atoms with Crippen LogP contribution in [0.1, 0.15) is 5.56 Å². The number of nitrogens with two attached hydrogens (primary N) is 1. The van der Waals surface area contributed by atoms with Gasteiger partial charge in [0, 0.05) is 18.0 Å². The quantitative estimate of drug-likeness (QED) is 0.358. The Morgan fingerprint density at radius 2 is 1.83 bits per heavy atom. The molecule has 0 fully saturated rings. The fourth-order valence-electron chi connectivity index (χ4n) is 2.16. The molecule has 0 spiro atoms. The number of hydrogen-bond donors (Lipinski definition) is 3. The van der Waals surface area contributed by atoms with Crippen molar-refractivity contribution >= 4 is 28.6 Å². The number of carbonyl (C=O) groups is 1. The molecule has 0 saturated carbocycles. The number of anilines is 1. The van der Waals surface area contributed by atoms with Crippen molar-refractivity contribution in [3.63, 3.8) is 0 Å². The molecule has 4 N–H and O–H groups in total. The molecule has 29 heavy (non-hydrogen) atoms. The highest BCUT2D eigenvalue weighted by Gasteiger charge is 2.30. The minimum absolute atomic E-state index is 0.105. The summed E-state index contributed by atoms with van der Waals surface area (Å²) in [6, 6.07) is 9.65. The van der Waals surface area contributed by atoms with Gasteiger partial charge in [0.1, 0.15) is 11.5 Å². The Kier molecular flexibility index (Phi) is 7.02. The van der Waals surface area contributed by atoms with E-state index in [1.165, 1.54) is 36.4 Å². The first-order valence-electron chi connectivity index (χ1n) is 8.17. The zero-order valence-electron chi connectivity index (χ0n) is 14.9. The molecule has 0 bridgehead atoms. The smallest absolute Gasteiger partial charge is 0.405 e. The van der Waals surface area contributed by atoms with Crippen LogP contribution >= 0.6 is 0 Å². The van der Waals surface area contributed by atoms with E-state index in [1.54, 1.807) is 0 Å². The fourth-order valence-corrected chi connectivity index (χ4v) is 2.16. The van der Waals surface area contributed by atoms with E-state index in [1.807, 2.05) is 0 Å². The van der Waals surface area contributed by atoms with Crippen molar-refractivity contribution in [1.29, 1.82) is 5.41 Å². The first kappa shape index (κ1) is 21.5. The maximum absolute atomic E-state index is 13.3. The summed E-state index contributed by atoms with van der Waals surface area (Å²) in [4.78, 5) is 16.2. The Labute approximate surface area is 163 Å². The number of aliphatic imine (C=N–C) groups is 1. The molecule has 0 heterocycles. The second-order valence-corrected chi connectivity index (χ2v) is 5.63. The maximum atomic E-state index is 13.3. The molecular weight excluding hydrogens is 388 g/mol. The highest BCUT2D eigenvalue weighted by molar-refractivity contribution is 6.70. The van der Waals surface area contributed by atoms with Crippen LogP contribution in [0.25, 0.3) is 0 Å². The molecular formula is C20H16F4N4O. The molecule has 5 nitrogen and oxygen atoms in total. The topological polar surface area (TPSA) is 91.3 Å². The van der Waals surface area contributed by atoms with Crippen molar-refractivity contribution < 1.29 is 22.4 Å². The molecule has 150 valence electrons. The predicted octanol–water partition coefficient (Wildman–Crippen LogP) is 4.60. The summed E-state index contributed by atoms with van der Waals surface area (Å²) in [6.07, 6.45) is -0.133. The van der Waals surface area contributed by atoms with Crippen molar-refractivity contribution in [2.24, 2.45) is 10.7 Å². The summed E-state index contributed by atoms with van der Waals surface area (Å²) in [7, 11) is 0. The number of allylic oxidation sites excluding steroid dienone is 2. The van der Waals surface area contributed by atoms with Crippen LogP contribution in [0.2, 0.25) is 0 Å². The van der Waals surface area contributed by atoms with E-state index in [9.17, 15) is 22.4 Å². The summed E-state index contributed by atoms with van der Waals surface area (Å²) in [5.41, 5.74) is 4.13. The van der Waals surface area contributed by atoms with Crippen LogP contribution in [0.5, 0.6) is 0 Å². The molecule has 2 aromatic rings. The van der Waals surface area contributed by atoms with Gasteiger partial charge in [0.25, 0.3) is 0 Å². The summed E-state index contributed by atoms with van der Waals surface area (Å²) < 4.78 is 51.4. The van der Waals surface area contributed by atoms with Crippen LogP contribution in [-0.4, -0.2) is 17.2 Å². The van der Waals surface area contributed by atoms with Gasteiger partial charge in [0.05, 0.1) is 17.0 Å². The molecule has 0 atom stereocenters. The molecule has 0 aromatic heterocycles. The number of carbonyl (C=O) groups excluding carboxylic acids is 1. The largest absolute Gasteiger partial charge is 0.416 e. The Morgan fingerprint density at radius 3 is 2.48 bits per heavy atom. The Hall–Kier alpha value is -3.75. The summed E-state index contributed by atoms with van der Waals surface area (Å²) in [5, 5.41) is 10.5. The van der Waals surface area contributed by atoms with Crippen molar-refractivity contribution in [3.05, 3.63) is 84.5 Å². The number of nitrogens with zero attached hydrogens (tertiary/aromatic N) is 1. The third-order valence-corrected chi connectivity index (χ3v) is 3.49. The molecule has 0 aliphatic rings. The normalized spacial score (nSPS) is 12.5. The van der Waals surface area contributed by atoms with Crippen molar-refractivity contribution in [1.82, 2.24) is 0 Å². The van der Waals surface area contributed by atoms with Crippen LogP contribution in [0, 0.1) is 11.2 Å². The Bertz CT molecular complexity index is 994. The Balaban J connectivity index is 2.13. The Morgan fingerprint density at radius 1 is 1.10 bits per heavy atom. The van der Waals surface area contributed by atoms with Crippen molar-refractivity contribution in [2.45, 2.75) is 6.18 Å². The molecule has 0 unspecified atom stereocenters. The van der Waals surface area contributed by atoms with Gasteiger partial charge in [-0.3, -0.25) is 10.2 Å². The summed E-state index contributed by atoms with van der Waals surface area (Å²) in [6.45, 7) is 0. The second kappa shape index (κ2) is 9.45. The highest BCUT2D eigenvalue weighted by Crippen LogP contribution is 2.30. The molecule has 0 aliphatic carbocycles. The van der Waals surface area contributed by atoms with Gasteiger partial charge in [0.2, 0.25) is 5.78 Å². The van der Waals surface area contributed by atoms with E-state index in [-0.39, 0.29) is 17.1 Å². The molecule has 0 amide bonds. The van der Waals surface area contributed by atoms with Gasteiger partial charge in [-0.1, -0.05) is 12.1 Å².